The molecule has 5 nitrogen and oxygen atoms in total. The number of fused-ring (bicyclic) bond motifs is 2. The summed E-state index contributed by atoms with van der Waals surface area (Å²) < 4.78 is 11.4. The van der Waals surface area contributed by atoms with Gasteiger partial charge in [-0.2, -0.15) is 5.10 Å². The summed E-state index contributed by atoms with van der Waals surface area (Å²) in [5, 5.41) is 8.56. The van der Waals surface area contributed by atoms with Crippen LogP contribution < -0.4 is 14.9 Å². The molecule has 0 bridgehead atoms. The molecular weight excluding hydrogens is 436 g/mol. The zero-order valence-electron chi connectivity index (χ0n) is 19.3. The highest BCUT2D eigenvalue weighted by atomic mass is 16.5. The van der Waals surface area contributed by atoms with Crippen LogP contribution in [0.5, 0.6) is 11.5 Å². The van der Waals surface area contributed by atoms with Crippen LogP contribution in [-0.4, -0.2) is 19.2 Å². The van der Waals surface area contributed by atoms with Crippen molar-refractivity contribution in [2.75, 3.05) is 7.11 Å². The van der Waals surface area contributed by atoms with E-state index in [1.54, 1.807) is 25.5 Å². The highest BCUT2D eigenvalue weighted by Gasteiger charge is 2.08. The zero-order valence-corrected chi connectivity index (χ0v) is 19.3. The van der Waals surface area contributed by atoms with Crippen LogP contribution in [0.4, 0.5) is 0 Å². The van der Waals surface area contributed by atoms with Crippen LogP contribution in [0.1, 0.15) is 21.5 Å². The first-order valence-corrected chi connectivity index (χ1v) is 11.3. The fourth-order valence-corrected chi connectivity index (χ4v) is 3.98. The average molecular weight is 461 g/mol. The van der Waals surface area contributed by atoms with Crippen molar-refractivity contribution >= 4 is 33.7 Å². The lowest BCUT2D eigenvalue weighted by atomic mass is 10.0. The molecule has 0 radical (unpaired) electrons. The smallest absolute Gasteiger partial charge is 0.271 e. The Morgan fingerprint density at radius 1 is 0.829 bits per heavy atom. The first-order chi connectivity index (χ1) is 17.2. The molecule has 0 aliphatic heterocycles. The Hall–Kier alpha value is -4.64. The van der Waals surface area contributed by atoms with Gasteiger partial charge in [0.15, 0.2) is 0 Å². The maximum Gasteiger partial charge on any atom is 0.271 e. The molecule has 5 aromatic rings. The molecule has 172 valence electrons. The number of carbonyl (C=O) groups excluding carboxylic acids is 1. The van der Waals surface area contributed by atoms with Crippen molar-refractivity contribution in [2.24, 2.45) is 5.10 Å². The lowest BCUT2D eigenvalue weighted by molar-refractivity contribution is 0.0955. The van der Waals surface area contributed by atoms with Crippen molar-refractivity contribution < 1.29 is 14.3 Å². The van der Waals surface area contributed by atoms with Crippen molar-refractivity contribution in [1.82, 2.24) is 5.43 Å². The third kappa shape index (κ3) is 4.99. The predicted molar refractivity (Wildman–Crippen MR) is 140 cm³/mol. The minimum atomic E-state index is -0.289. The molecule has 1 amide bonds. The van der Waals surface area contributed by atoms with E-state index >= 15 is 0 Å². The molecule has 5 aromatic carbocycles. The van der Waals surface area contributed by atoms with Crippen molar-refractivity contribution in [2.45, 2.75) is 6.61 Å². The average Bonchev–Trinajstić information content (AvgIpc) is 2.92. The Morgan fingerprint density at radius 2 is 1.54 bits per heavy atom. The number of carbonyl (C=O) groups is 1. The van der Waals surface area contributed by atoms with Crippen molar-refractivity contribution in [3.05, 3.63) is 120 Å². The summed E-state index contributed by atoms with van der Waals surface area (Å²) in [4.78, 5) is 12.6. The molecular formula is C30H24N2O3. The number of benzene rings is 5. The summed E-state index contributed by atoms with van der Waals surface area (Å²) in [6.07, 6.45) is 1.62. The molecule has 0 saturated carbocycles. The predicted octanol–water partition coefficient (Wildman–Crippen LogP) is 6.34. The maximum atomic E-state index is 12.6. The molecule has 0 unspecified atom stereocenters. The van der Waals surface area contributed by atoms with Gasteiger partial charge in [-0.3, -0.25) is 4.79 Å². The summed E-state index contributed by atoms with van der Waals surface area (Å²) in [7, 11) is 1.62. The van der Waals surface area contributed by atoms with E-state index in [2.05, 4.69) is 22.7 Å². The molecule has 0 heterocycles. The molecule has 5 heteroatoms. The number of ether oxygens (including phenoxy) is 2. The normalized spacial score (nSPS) is 11.1. The van der Waals surface area contributed by atoms with Gasteiger partial charge in [-0.25, -0.2) is 5.43 Å². The quantitative estimate of drug-likeness (QED) is 0.228. The van der Waals surface area contributed by atoms with Gasteiger partial charge in [-0.15, -0.1) is 0 Å². The van der Waals surface area contributed by atoms with E-state index in [1.165, 1.54) is 5.39 Å². The molecule has 35 heavy (non-hydrogen) atoms. The van der Waals surface area contributed by atoms with Gasteiger partial charge in [0.2, 0.25) is 0 Å². The number of hydrazone groups is 1. The number of hydrogen-bond acceptors (Lipinski definition) is 4. The Bertz CT molecular complexity index is 1520. The van der Waals surface area contributed by atoms with Crippen LogP contribution in [0.3, 0.4) is 0 Å². The first-order valence-electron chi connectivity index (χ1n) is 11.3. The van der Waals surface area contributed by atoms with Crippen LogP contribution in [0, 0.1) is 0 Å². The highest BCUT2D eigenvalue weighted by Crippen LogP contribution is 2.26. The van der Waals surface area contributed by atoms with E-state index in [0.717, 1.165) is 33.0 Å². The second kappa shape index (κ2) is 10.1. The lowest BCUT2D eigenvalue weighted by Gasteiger charge is -2.09. The van der Waals surface area contributed by atoms with Gasteiger partial charge in [0.05, 0.1) is 13.3 Å². The monoisotopic (exact) mass is 460 g/mol. The molecule has 0 saturated heterocycles. The third-order valence-electron chi connectivity index (χ3n) is 5.85. The number of hydrogen-bond donors (Lipinski definition) is 1. The van der Waals surface area contributed by atoms with Crippen molar-refractivity contribution in [1.29, 1.82) is 0 Å². The zero-order chi connectivity index (χ0) is 24.0. The summed E-state index contributed by atoms with van der Waals surface area (Å²) in [5.41, 5.74) is 4.90. The number of nitrogens with one attached hydrogen (secondary N) is 1. The molecule has 0 atom stereocenters. The van der Waals surface area contributed by atoms with Gasteiger partial charge in [0.1, 0.15) is 18.1 Å². The molecule has 0 aliphatic rings. The van der Waals surface area contributed by atoms with Gasteiger partial charge in [-0.1, -0.05) is 72.8 Å². The van der Waals surface area contributed by atoms with Gasteiger partial charge >= 0.3 is 0 Å². The molecule has 0 aliphatic carbocycles. The van der Waals surface area contributed by atoms with Crippen molar-refractivity contribution in [3.8, 4) is 11.5 Å². The van der Waals surface area contributed by atoms with Crippen LogP contribution in [0.25, 0.3) is 21.5 Å². The van der Waals surface area contributed by atoms with E-state index in [1.807, 2.05) is 78.9 Å². The fraction of sp³-hybridized carbons (Fsp3) is 0.0667. The molecule has 1 N–H and O–H groups in total. The highest BCUT2D eigenvalue weighted by molar-refractivity contribution is 6.03. The van der Waals surface area contributed by atoms with Crippen molar-refractivity contribution in [3.63, 3.8) is 0 Å². The summed E-state index contributed by atoms with van der Waals surface area (Å²) in [5.74, 6) is 1.21. The standard InChI is InChI=1S/C30H24N2O3/c1-34-29-17-15-23-7-4-5-9-27(23)28(29)19-31-32-30(33)24-12-10-21(11-13-24)20-35-26-16-14-22-6-2-3-8-25(22)18-26/h2-19H,20H2,1H3,(H,32,33). The van der Waals surface area contributed by atoms with E-state index < -0.39 is 0 Å². The molecule has 0 aromatic heterocycles. The fourth-order valence-electron chi connectivity index (χ4n) is 3.98. The van der Waals surface area contributed by atoms with Crippen LogP contribution in [0.15, 0.2) is 108 Å². The Balaban J connectivity index is 1.22. The number of rotatable bonds is 7. The third-order valence-corrected chi connectivity index (χ3v) is 5.85. The number of nitrogens with zero attached hydrogens (tertiary/aromatic N) is 1. The minimum Gasteiger partial charge on any atom is -0.496 e. The summed E-state index contributed by atoms with van der Waals surface area (Å²) >= 11 is 0. The van der Waals surface area contributed by atoms with E-state index in [4.69, 9.17) is 9.47 Å². The summed E-state index contributed by atoms with van der Waals surface area (Å²) in [6.45, 7) is 0.416. The second-order valence-corrected chi connectivity index (χ2v) is 8.10. The van der Waals surface area contributed by atoms with Crippen LogP contribution in [-0.2, 0) is 6.61 Å². The van der Waals surface area contributed by atoms with E-state index in [9.17, 15) is 4.79 Å². The molecule has 0 spiro atoms. The summed E-state index contributed by atoms with van der Waals surface area (Å²) in [6, 6.07) is 33.4. The lowest BCUT2D eigenvalue weighted by Crippen LogP contribution is -2.17. The van der Waals surface area contributed by atoms with Crippen LogP contribution in [0.2, 0.25) is 0 Å². The van der Waals surface area contributed by atoms with Gasteiger partial charge in [-0.05, 0) is 57.4 Å². The Kier molecular flexibility index (Phi) is 6.39. The van der Waals surface area contributed by atoms with Gasteiger partial charge in [0, 0.05) is 11.1 Å². The Labute approximate surface area is 203 Å². The second-order valence-electron chi connectivity index (χ2n) is 8.10. The number of methoxy groups -OCH3 is 1. The largest absolute Gasteiger partial charge is 0.496 e. The molecule has 5 rings (SSSR count). The SMILES string of the molecule is COc1ccc2ccccc2c1C=NNC(=O)c1ccc(COc2ccc3ccccc3c2)cc1. The molecule has 0 fully saturated rings. The maximum absolute atomic E-state index is 12.6. The van der Waals surface area contributed by atoms with Gasteiger partial charge < -0.3 is 9.47 Å². The number of amides is 1. The first kappa shape index (κ1) is 22.2. The van der Waals surface area contributed by atoms with E-state index in [0.29, 0.717) is 17.9 Å². The van der Waals surface area contributed by atoms with Gasteiger partial charge in [0.25, 0.3) is 5.91 Å². The topological polar surface area (TPSA) is 59.9 Å². The Morgan fingerprint density at radius 3 is 2.34 bits per heavy atom. The van der Waals surface area contributed by atoms with E-state index in [-0.39, 0.29) is 5.91 Å². The minimum absolute atomic E-state index is 0.289. The van der Waals surface area contributed by atoms with Crippen LogP contribution >= 0.6 is 0 Å².